The molecule has 1 aliphatic rings. The first-order valence-corrected chi connectivity index (χ1v) is 7.35. The second-order valence-electron chi connectivity index (χ2n) is 5.17. The number of amides is 1. The van der Waals surface area contributed by atoms with Crippen LogP contribution >= 0.6 is 15.9 Å². The molecule has 19 heavy (non-hydrogen) atoms. The van der Waals surface area contributed by atoms with Crippen LogP contribution in [0.25, 0.3) is 0 Å². The molecule has 4 heteroatoms. The van der Waals surface area contributed by atoms with E-state index in [1.165, 1.54) is 0 Å². The van der Waals surface area contributed by atoms with Crippen molar-refractivity contribution in [2.75, 3.05) is 0 Å². The van der Waals surface area contributed by atoms with Crippen molar-refractivity contribution in [2.24, 2.45) is 0 Å². The number of halogens is 1. The molecular formula is C15H17BrN2O. The Bertz CT molecular complexity index is 527. The van der Waals surface area contributed by atoms with Crippen molar-refractivity contribution in [3.63, 3.8) is 0 Å². The zero-order valence-corrected chi connectivity index (χ0v) is 12.6. The van der Waals surface area contributed by atoms with Crippen molar-refractivity contribution < 1.29 is 4.79 Å². The fraction of sp³-hybridized carbons (Fsp3) is 0.467. The minimum absolute atomic E-state index is 0.145. The number of nitrogens with one attached hydrogen (secondary N) is 1. The monoisotopic (exact) mass is 320 g/mol. The first kappa shape index (κ1) is 14.1. The Balaban J connectivity index is 2.18. The Morgan fingerprint density at radius 1 is 1.37 bits per heavy atom. The standard InChI is InChI=1S/C15H17BrN2O/c1-11-9-12(16)5-6-13(11)14(19)18-15(10-17)7-3-2-4-8-15/h5-6,9H,2-4,7-8H2,1H3,(H,18,19). The highest BCUT2D eigenvalue weighted by Gasteiger charge is 2.34. The summed E-state index contributed by atoms with van der Waals surface area (Å²) in [4.78, 5) is 12.3. The van der Waals surface area contributed by atoms with Crippen LogP contribution in [0.5, 0.6) is 0 Å². The Hall–Kier alpha value is -1.34. The highest BCUT2D eigenvalue weighted by molar-refractivity contribution is 9.10. The van der Waals surface area contributed by atoms with Gasteiger partial charge < -0.3 is 5.32 Å². The van der Waals surface area contributed by atoms with Crippen molar-refractivity contribution in [3.8, 4) is 6.07 Å². The van der Waals surface area contributed by atoms with Gasteiger partial charge in [-0.15, -0.1) is 0 Å². The number of benzene rings is 1. The maximum atomic E-state index is 12.3. The molecule has 0 aliphatic heterocycles. The van der Waals surface area contributed by atoms with Gasteiger partial charge in [-0.3, -0.25) is 4.79 Å². The SMILES string of the molecule is Cc1cc(Br)ccc1C(=O)NC1(C#N)CCCCC1. The molecule has 0 unspecified atom stereocenters. The van der Waals surface area contributed by atoms with Gasteiger partial charge in [-0.25, -0.2) is 0 Å². The highest BCUT2D eigenvalue weighted by Crippen LogP contribution is 2.28. The minimum atomic E-state index is -0.672. The summed E-state index contributed by atoms with van der Waals surface area (Å²) in [5.74, 6) is -0.145. The first-order chi connectivity index (χ1) is 9.06. The van der Waals surface area contributed by atoms with E-state index in [9.17, 15) is 10.1 Å². The summed E-state index contributed by atoms with van der Waals surface area (Å²) in [6.45, 7) is 1.90. The predicted molar refractivity (Wildman–Crippen MR) is 77.8 cm³/mol. The third-order valence-corrected chi connectivity index (χ3v) is 4.20. The van der Waals surface area contributed by atoms with Crippen molar-refractivity contribution in [1.82, 2.24) is 5.32 Å². The van der Waals surface area contributed by atoms with Crippen LogP contribution in [-0.2, 0) is 0 Å². The number of carbonyl (C=O) groups excluding carboxylic acids is 1. The molecule has 2 rings (SSSR count). The summed E-state index contributed by atoms with van der Waals surface area (Å²) in [5.41, 5.74) is 0.883. The lowest BCUT2D eigenvalue weighted by atomic mass is 9.82. The van der Waals surface area contributed by atoms with Crippen molar-refractivity contribution in [3.05, 3.63) is 33.8 Å². The number of carbonyl (C=O) groups is 1. The molecular weight excluding hydrogens is 304 g/mol. The Morgan fingerprint density at radius 2 is 2.05 bits per heavy atom. The van der Waals surface area contributed by atoms with E-state index in [0.29, 0.717) is 5.56 Å². The van der Waals surface area contributed by atoms with Gasteiger partial charge in [0.1, 0.15) is 5.54 Å². The molecule has 0 atom stereocenters. The van der Waals surface area contributed by atoms with Gasteiger partial charge >= 0.3 is 0 Å². The van der Waals surface area contributed by atoms with Crippen LogP contribution in [0, 0.1) is 18.3 Å². The first-order valence-electron chi connectivity index (χ1n) is 6.56. The number of nitrogens with zero attached hydrogens (tertiary/aromatic N) is 1. The fourth-order valence-electron chi connectivity index (χ4n) is 2.59. The number of nitriles is 1. The predicted octanol–water partition coefficient (Wildman–Crippen LogP) is 3.71. The van der Waals surface area contributed by atoms with Crippen LogP contribution in [0.1, 0.15) is 48.0 Å². The third-order valence-electron chi connectivity index (χ3n) is 3.71. The zero-order valence-electron chi connectivity index (χ0n) is 11.0. The largest absolute Gasteiger partial charge is 0.334 e. The second kappa shape index (κ2) is 5.75. The Labute approximate surface area is 122 Å². The van der Waals surface area contributed by atoms with Gasteiger partial charge in [0.05, 0.1) is 6.07 Å². The van der Waals surface area contributed by atoms with E-state index in [1.807, 2.05) is 19.1 Å². The molecule has 3 nitrogen and oxygen atoms in total. The van der Waals surface area contributed by atoms with E-state index in [0.717, 1.165) is 42.1 Å². The van der Waals surface area contributed by atoms with Crippen LogP contribution in [-0.4, -0.2) is 11.4 Å². The molecule has 0 saturated heterocycles. The van der Waals surface area contributed by atoms with Crippen LogP contribution in [0.2, 0.25) is 0 Å². The van der Waals surface area contributed by atoms with Gasteiger partial charge in [-0.1, -0.05) is 35.2 Å². The molecule has 1 amide bonds. The summed E-state index contributed by atoms with van der Waals surface area (Å²) in [5, 5.41) is 12.3. The van der Waals surface area contributed by atoms with Crippen LogP contribution in [0.4, 0.5) is 0 Å². The van der Waals surface area contributed by atoms with Gasteiger partial charge in [-0.2, -0.15) is 5.26 Å². The van der Waals surface area contributed by atoms with E-state index in [1.54, 1.807) is 6.07 Å². The topological polar surface area (TPSA) is 52.9 Å². The second-order valence-corrected chi connectivity index (χ2v) is 6.08. The van der Waals surface area contributed by atoms with Crippen molar-refractivity contribution >= 4 is 21.8 Å². The summed E-state index contributed by atoms with van der Waals surface area (Å²) < 4.78 is 0.953. The molecule has 1 N–H and O–H groups in total. The molecule has 100 valence electrons. The van der Waals surface area contributed by atoms with Crippen molar-refractivity contribution in [1.29, 1.82) is 5.26 Å². The molecule has 0 bridgehead atoms. The van der Waals surface area contributed by atoms with Crippen LogP contribution < -0.4 is 5.32 Å². The molecule has 1 aliphatic carbocycles. The smallest absolute Gasteiger partial charge is 0.252 e. The average Bonchev–Trinajstić information content (AvgIpc) is 2.39. The summed E-state index contributed by atoms with van der Waals surface area (Å²) in [7, 11) is 0. The molecule has 1 saturated carbocycles. The highest BCUT2D eigenvalue weighted by atomic mass is 79.9. The molecule has 1 fully saturated rings. The number of rotatable bonds is 2. The fourth-order valence-corrected chi connectivity index (χ4v) is 3.06. The summed E-state index contributed by atoms with van der Waals surface area (Å²) in [6, 6.07) is 7.86. The van der Waals surface area contributed by atoms with E-state index in [2.05, 4.69) is 27.3 Å². The van der Waals surface area contributed by atoms with E-state index in [-0.39, 0.29) is 5.91 Å². The molecule has 0 spiro atoms. The molecule has 1 aromatic rings. The van der Waals surface area contributed by atoms with E-state index >= 15 is 0 Å². The maximum absolute atomic E-state index is 12.3. The molecule has 0 aromatic heterocycles. The normalized spacial score (nSPS) is 17.5. The van der Waals surface area contributed by atoms with Gasteiger partial charge in [0.25, 0.3) is 5.91 Å². The van der Waals surface area contributed by atoms with Gasteiger partial charge in [0.2, 0.25) is 0 Å². The molecule has 1 aromatic carbocycles. The third kappa shape index (κ3) is 3.16. The van der Waals surface area contributed by atoms with Crippen LogP contribution in [0.3, 0.4) is 0 Å². The Kier molecular flexibility index (Phi) is 4.26. The zero-order chi connectivity index (χ0) is 13.9. The number of hydrogen-bond acceptors (Lipinski definition) is 2. The quantitative estimate of drug-likeness (QED) is 0.903. The summed E-state index contributed by atoms with van der Waals surface area (Å²) in [6.07, 6.45) is 4.67. The minimum Gasteiger partial charge on any atom is -0.334 e. The number of hydrogen-bond donors (Lipinski definition) is 1. The van der Waals surface area contributed by atoms with Crippen molar-refractivity contribution in [2.45, 2.75) is 44.6 Å². The number of aryl methyl sites for hydroxylation is 1. The lowest BCUT2D eigenvalue weighted by molar-refractivity contribution is 0.0902. The van der Waals surface area contributed by atoms with Crippen LogP contribution in [0.15, 0.2) is 22.7 Å². The molecule has 0 radical (unpaired) electrons. The molecule has 0 heterocycles. The van der Waals surface area contributed by atoms with Gasteiger partial charge in [-0.05, 0) is 43.5 Å². The lowest BCUT2D eigenvalue weighted by Gasteiger charge is -2.31. The lowest BCUT2D eigenvalue weighted by Crippen LogP contribution is -2.48. The van der Waals surface area contributed by atoms with Gasteiger partial charge in [0.15, 0.2) is 0 Å². The average molecular weight is 321 g/mol. The van der Waals surface area contributed by atoms with Gasteiger partial charge in [0, 0.05) is 10.0 Å². The van der Waals surface area contributed by atoms with E-state index in [4.69, 9.17) is 0 Å². The summed E-state index contributed by atoms with van der Waals surface area (Å²) >= 11 is 3.38. The Morgan fingerprint density at radius 3 is 2.63 bits per heavy atom. The maximum Gasteiger partial charge on any atom is 0.252 e. The van der Waals surface area contributed by atoms with E-state index < -0.39 is 5.54 Å².